The summed E-state index contributed by atoms with van der Waals surface area (Å²) in [4.78, 5) is 2.53. The molecule has 0 aliphatic carbocycles. The van der Waals surface area contributed by atoms with Crippen molar-refractivity contribution < 1.29 is 4.39 Å². The molecule has 1 aromatic rings. The van der Waals surface area contributed by atoms with Gasteiger partial charge in [-0.25, -0.2) is 4.39 Å². The number of rotatable bonds is 3. The molecule has 0 saturated carbocycles. The van der Waals surface area contributed by atoms with Crippen LogP contribution in [0.2, 0.25) is 0 Å². The van der Waals surface area contributed by atoms with E-state index in [0.717, 1.165) is 26.1 Å². The Morgan fingerprint density at radius 1 is 1.18 bits per heavy atom. The van der Waals surface area contributed by atoms with Crippen molar-refractivity contribution in [2.24, 2.45) is 0 Å². The molecule has 0 aromatic heterocycles. The minimum Gasteiger partial charge on any atom is -0.314 e. The first-order valence-electron chi connectivity index (χ1n) is 6.37. The van der Waals surface area contributed by atoms with E-state index in [-0.39, 0.29) is 5.82 Å². The van der Waals surface area contributed by atoms with Crippen molar-refractivity contribution in [3.8, 4) is 0 Å². The largest absolute Gasteiger partial charge is 0.314 e. The molecular weight excluding hydrogens is 215 g/mol. The Morgan fingerprint density at radius 2 is 1.76 bits per heavy atom. The van der Waals surface area contributed by atoms with Crippen LogP contribution in [0, 0.1) is 5.82 Å². The van der Waals surface area contributed by atoms with Crippen LogP contribution in [-0.2, 0) is 6.42 Å². The molecule has 2 nitrogen and oxygen atoms in total. The number of hydrogen-bond donors (Lipinski definition) is 1. The summed E-state index contributed by atoms with van der Waals surface area (Å²) in [5.74, 6) is -0.155. The second kappa shape index (κ2) is 5.61. The van der Waals surface area contributed by atoms with Crippen LogP contribution < -0.4 is 5.32 Å². The molecule has 1 saturated heterocycles. The van der Waals surface area contributed by atoms with E-state index in [1.807, 2.05) is 12.1 Å². The van der Waals surface area contributed by atoms with Crippen molar-refractivity contribution in [1.82, 2.24) is 10.2 Å². The fourth-order valence-electron chi connectivity index (χ4n) is 2.52. The molecule has 1 heterocycles. The fraction of sp³-hybridized carbons (Fsp3) is 0.571. The zero-order valence-corrected chi connectivity index (χ0v) is 10.6. The van der Waals surface area contributed by atoms with Crippen LogP contribution in [-0.4, -0.2) is 36.6 Å². The molecule has 2 atom stereocenters. The van der Waals surface area contributed by atoms with E-state index < -0.39 is 0 Å². The van der Waals surface area contributed by atoms with Crippen LogP contribution >= 0.6 is 0 Å². The third kappa shape index (κ3) is 3.27. The Bertz CT molecular complexity index is 340. The molecule has 0 spiro atoms. The van der Waals surface area contributed by atoms with Gasteiger partial charge in [0, 0.05) is 31.7 Å². The van der Waals surface area contributed by atoms with Gasteiger partial charge in [0.2, 0.25) is 0 Å². The average molecular weight is 236 g/mol. The lowest BCUT2D eigenvalue weighted by Crippen LogP contribution is -2.55. The van der Waals surface area contributed by atoms with Crippen molar-refractivity contribution in [1.29, 1.82) is 0 Å². The molecule has 1 aliphatic heterocycles. The predicted octanol–water partition coefficient (Wildman–Crippen LogP) is 2.05. The maximum absolute atomic E-state index is 12.8. The molecule has 2 rings (SSSR count). The van der Waals surface area contributed by atoms with Gasteiger partial charge in [-0.15, -0.1) is 0 Å². The Labute approximate surface area is 103 Å². The minimum absolute atomic E-state index is 0.155. The van der Waals surface area contributed by atoms with Crippen molar-refractivity contribution in [2.45, 2.75) is 32.4 Å². The van der Waals surface area contributed by atoms with Crippen molar-refractivity contribution in [3.63, 3.8) is 0 Å². The van der Waals surface area contributed by atoms with E-state index in [4.69, 9.17) is 0 Å². The number of nitrogens with zero attached hydrogens (tertiary/aromatic N) is 1. The van der Waals surface area contributed by atoms with E-state index in [1.54, 1.807) is 12.1 Å². The molecule has 1 fully saturated rings. The van der Waals surface area contributed by atoms with Gasteiger partial charge >= 0.3 is 0 Å². The summed E-state index contributed by atoms with van der Waals surface area (Å²) in [5, 5.41) is 3.43. The van der Waals surface area contributed by atoms with Gasteiger partial charge in [-0.2, -0.15) is 0 Å². The lowest BCUT2D eigenvalue weighted by atomic mass is 10.1. The zero-order valence-electron chi connectivity index (χ0n) is 10.6. The monoisotopic (exact) mass is 236 g/mol. The van der Waals surface area contributed by atoms with Crippen molar-refractivity contribution in [2.75, 3.05) is 19.6 Å². The SMILES string of the molecule is CC1CNCC(C)N1CCc1ccc(F)cc1. The summed E-state index contributed by atoms with van der Waals surface area (Å²) >= 11 is 0. The van der Waals surface area contributed by atoms with Gasteiger partial charge in [-0.1, -0.05) is 12.1 Å². The number of halogens is 1. The van der Waals surface area contributed by atoms with Crippen LogP contribution in [0.4, 0.5) is 4.39 Å². The molecular formula is C14H21FN2. The van der Waals surface area contributed by atoms with Gasteiger partial charge < -0.3 is 5.32 Å². The highest BCUT2D eigenvalue weighted by atomic mass is 19.1. The van der Waals surface area contributed by atoms with Gasteiger partial charge in [0.25, 0.3) is 0 Å². The minimum atomic E-state index is -0.155. The second-order valence-corrected chi connectivity index (χ2v) is 4.97. The summed E-state index contributed by atoms with van der Waals surface area (Å²) in [5.41, 5.74) is 1.21. The molecule has 2 unspecified atom stereocenters. The Hall–Kier alpha value is -0.930. The van der Waals surface area contributed by atoms with Crippen molar-refractivity contribution >= 4 is 0 Å². The summed E-state index contributed by atoms with van der Waals surface area (Å²) in [6.45, 7) is 7.69. The molecule has 1 N–H and O–H groups in total. The molecule has 94 valence electrons. The Balaban J connectivity index is 1.90. The second-order valence-electron chi connectivity index (χ2n) is 4.97. The first-order chi connectivity index (χ1) is 8.16. The third-order valence-corrected chi connectivity index (χ3v) is 3.58. The molecule has 17 heavy (non-hydrogen) atoms. The van der Waals surface area contributed by atoms with E-state index in [1.165, 1.54) is 5.56 Å². The predicted molar refractivity (Wildman–Crippen MR) is 68.6 cm³/mol. The highest BCUT2D eigenvalue weighted by molar-refractivity contribution is 5.16. The van der Waals surface area contributed by atoms with Gasteiger partial charge in [0.15, 0.2) is 0 Å². The maximum Gasteiger partial charge on any atom is 0.123 e. The Kier molecular flexibility index (Phi) is 4.13. The van der Waals surface area contributed by atoms with E-state index in [0.29, 0.717) is 12.1 Å². The highest BCUT2D eigenvalue weighted by Gasteiger charge is 2.23. The zero-order chi connectivity index (χ0) is 12.3. The molecule has 1 aromatic carbocycles. The van der Waals surface area contributed by atoms with Crippen LogP contribution in [0.1, 0.15) is 19.4 Å². The molecule has 0 amide bonds. The summed E-state index contributed by atoms with van der Waals surface area (Å²) < 4.78 is 12.8. The van der Waals surface area contributed by atoms with Gasteiger partial charge in [0.05, 0.1) is 0 Å². The normalized spacial score (nSPS) is 26.1. The third-order valence-electron chi connectivity index (χ3n) is 3.58. The van der Waals surface area contributed by atoms with Gasteiger partial charge in [0.1, 0.15) is 5.82 Å². The standard InChI is InChI=1S/C14H21FN2/c1-11-9-16-10-12(2)17(11)8-7-13-3-5-14(15)6-4-13/h3-6,11-12,16H,7-10H2,1-2H3. The summed E-state index contributed by atoms with van der Waals surface area (Å²) in [6, 6.07) is 8.01. The van der Waals surface area contributed by atoms with Gasteiger partial charge in [-0.05, 0) is 38.0 Å². The van der Waals surface area contributed by atoms with E-state index in [9.17, 15) is 4.39 Å². The maximum atomic E-state index is 12.8. The lowest BCUT2D eigenvalue weighted by molar-refractivity contribution is 0.118. The molecule has 3 heteroatoms. The van der Waals surface area contributed by atoms with Crippen molar-refractivity contribution in [3.05, 3.63) is 35.6 Å². The first-order valence-corrected chi connectivity index (χ1v) is 6.37. The molecule has 0 bridgehead atoms. The number of benzene rings is 1. The number of nitrogens with one attached hydrogen (secondary N) is 1. The van der Waals surface area contributed by atoms with Crippen LogP contribution in [0.3, 0.4) is 0 Å². The number of piperazine rings is 1. The van der Waals surface area contributed by atoms with Crippen LogP contribution in [0.25, 0.3) is 0 Å². The quantitative estimate of drug-likeness (QED) is 0.864. The average Bonchev–Trinajstić information content (AvgIpc) is 2.31. The Morgan fingerprint density at radius 3 is 2.35 bits per heavy atom. The molecule has 0 radical (unpaired) electrons. The number of hydrogen-bond acceptors (Lipinski definition) is 2. The smallest absolute Gasteiger partial charge is 0.123 e. The molecule has 1 aliphatic rings. The van der Waals surface area contributed by atoms with E-state index in [2.05, 4.69) is 24.1 Å². The van der Waals surface area contributed by atoms with Gasteiger partial charge in [-0.3, -0.25) is 4.90 Å². The summed E-state index contributed by atoms with van der Waals surface area (Å²) in [7, 11) is 0. The summed E-state index contributed by atoms with van der Waals surface area (Å²) in [6.07, 6.45) is 0.995. The fourth-order valence-corrected chi connectivity index (χ4v) is 2.52. The van der Waals surface area contributed by atoms with Crippen LogP contribution in [0.15, 0.2) is 24.3 Å². The topological polar surface area (TPSA) is 15.3 Å². The van der Waals surface area contributed by atoms with E-state index >= 15 is 0 Å². The highest BCUT2D eigenvalue weighted by Crippen LogP contribution is 2.11. The van der Waals surface area contributed by atoms with Crippen LogP contribution in [0.5, 0.6) is 0 Å². The lowest BCUT2D eigenvalue weighted by Gasteiger charge is -2.39. The first kappa shape index (κ1) is 12.5.